The zero-order valence-corrected chi connectivity index (χ0v) is 15.9. The summed E-state index contributed by atoms with van der Waals surface area (Å²) >= 11 is 0. The number of hydrogen-bond acceptors (Lipinski definition) is 6. The Morgan fingerprint density at radius 1 is 1.07 bits per heavy atom. The highest BCUT2D eigenvalue weighted by molar-refractivity contribution is 5.86. The first-order valence-corrected chi connectivity index (χ1v) is 9.61. The summed E-state index contributed by atoms with van der Waals surface area (Å²) in [5.74, 6) is 2.33. The molecule has 4 rings (SSSR count). The molecule has 0 saturated carbocycles. The highest BCUT2D eigenvalue weighted by Gasteiger charge is 2.18. The van der Waals surface area contributed by atoms with Crippen LogP contribution in [0, 0.1) is 0 Å². The van der Waals surface area contributed by atoms with Gasteiger partial charge >= 0.3 is 0 Å². The van der Waals surface area contributed by atoms with Crippen molar-refractivity contribution in [1.82, 2.24) is 19.5 Å². The highest BCUT2D eigenvalue weighted by Crippen LogP contribution is 2.27. The van der Waals surface area contributed by atoms with E-state index in [2.05, 4.69) is 51.5 Å². The molecule has 0 bridgehead atoms. The summed E-state index contributed by atoms with van der Waals surface area (Å²) in [6, 6.07) is 14.2. The topological polar surface area (TPSA) is 94.8 Å². The number of rotatable bonds is 8. The van der Waals surface area contributed by atoms with Crippen molar-refractivity contribution < 1.29 is 4.42 Å². The van der Waals surface area contributed by atoms with Gasteiger partial charge in [-0.05, 0) is 37.0 Å². The van der Waals surface area contributed by atoms with Crippen LogP contribution in [-0.2, 0) is 13.0 Å². The molecule has 7 heteroatoms. The van der Waals surface area contributed by atoms with Gasteiger partial charge in [-0.2, -0.15) is 9.97 Å². The summed E-state index contributed by atoms with van der Waals surface area (Å²) in [5, 5.41) is 3.29. The summed E-state index contributed by atoms with van der Waals surface area (Å²) in [6.07, 6.45) is 4.57. The Morgan fingerprint density at radius 2 is 1.93 bits per heavy atom. The van der Waals surface area contributed by atoms with Gasteiger partial charge in [0.1, 0.15) is 0 Å². The van der Waals surface area contributed by atoms with Crippen molar-refractivity contribution >= 4 is 22.9 Å². The van der Waals surface area contributed by atoms with Crippen molar-refractivity contribution in [2.24, 2.45) is 0 Å². The predicted molar refractivity (Wildman–Crippen MR) is 111 cm³/mol. The number of nitrogens with two attached hydrogens (primary N) is 1. The molecule has 0 spiro atoms. The minimum Gasteiger partial charge on any atom is -0.461 e. The van der Waals surface area contributed by atoms with Gasteiger partial charge in [-0.15, -0.1) is 0 Å². The lowest BCUT2D eigenvalue weighted by Gasteiger charge is -2.08. The van der Waals surface area contributed by atoms with Crippen molar-refractivity contribution in [3.8, 4) is 11.6 Å². The summed E-state index contributed by atoms with van der Waals surface area (Å²) < 4.78 is 7.58. The van der Waals surface area contributed by atoms with Crippen LogP contribution in [0.1, 0.15) is 25.3 Å². The number of nitrogen functional groups attached to an aromatic ring is 1. The minimum atomic E-state index is 0.373. The molecule has 0 unspecified atom stereocenters. The number of fused-ring (bicyclic) bond motifs is 1. The van der Waals surface area contributed by atoms with Crippen LogP contribution in [0.4, 0.5) is 11.8 Å². The molecule has 0 amide bonds. The second-order valence-corrected chi connectivity index (χ2v) is 6.68. The first-order chi connectivity index (χ1) is 13.8. The fraction of sp³-hybridized carbons (Fsp3) is 0.286. The van der Waals surface area contributed by atoms with Crippen molar-refractivity contribution in [3.05, 3.63) is 54.3 Å². The van der Waals surface area contributed by atoms with Crippen LogP contribution in [0.2, 0.25) is 0 Å². The largest absolute Gasteiger partial charge is 0.461 e. The quantitative estimate of drug-likeness (QED) is 0.449. The molecular formula is C21H24N6O. The molecule has 28 heavy (non-hydrogen) atoms. The maximum Gasteiger partial charge on any atom is 0.226 e. The fourth-order valence-electron chi connectivity index (χ4n) is 3.27. The summed E-state index contributed by atoms with van der Waals surface area (Å²) in [7, 11) is 0. The SMILES string of the molecule is CCCn1c(-c2ccco2)nc2c(N)nc(NCCCc3ccccc3)nc21. The van der Waals surface area contributed by atoms with Gasteiger partial charge < -0.3 is 20.0 Å². The number of nitrogens with zero attached hydrogens (tertiary/aromatic N) is 4. The van der Waals surface area contributed by atoms with Crippen LogP contribution >= 0.6 is 0 Å². The Hall–Kier alpha value is -3.35. The molecule has 0 atom stereocenters. The van der Waals surface area contributed by atoms with E-state index in [0.717, 1.165) is 43.8 Å². The highest BCUT2D eigenvalue weighted by atomic mass is 16.3. The number of nitrogens with one attached hydrogen (secondary N) is 1. The number of aryl methyl sites for hydroxylation is 2. The molecule has 3 aromatic heterocycles. The molecule has 4 aromatic rings. The second kappa shape index (κ2) is 8.12. The molecule has 0 aliphatic carbocycles. The van der Waals surface area contributed by atoms with Gasteiger partial charge in [0.05, 0.1) is 6.26 Å². The normalized spacial score (nSPS) is 11.2. The molecule has 3 heterocycles. The molecule has 144 valence electrons. The van der Waals surface area contributed by atoms with E-state index in [1.165, 1.54) is 5.56 Å². The third kappa shape index (κ3) is 3.69. The predicted octanol–water partition coefficient (Wildman–Crippen LogP) is 4.12. The van der Waals surface area contributed by atoms with Gasteiger partial charge in [0.15, 0.2) is 28.6 Å². The lowest BCUT2D eigenvalue weighted by atomic mass is 10.1. The van der Waals surface area contributed by atoms with Crippen LogP contribution < -0.4 is 11.1 Å². The van der Waals surface area contributed by atoms with E-state index in [1.807, 2.05) is 22.8 Å². The van der Waals surface area contributed by atoms with Gasteiger partial charge in [0.25, 0.3) is 0 Å². The van der Waals surface area contributed by atoms with Crippen LogP contribution in [0.25, 0.3) is 22.7 Å². The third-order valence-corrected chi connectivity index (χ3v) is 4.58. The second-order valence-electron chi connectivity index (χ2n) is 6.68. The molecule has 1 aromatic carbocycles. The zero-order chi connectivity index (χ0) is 19.3. The van der Waals surface area contributed by atoms with E-state index >= 15 is 0 Å². The Morgan fingerprint density at radius 3 is 2.68 bits per heavy atom. The molecule has 0 radical (unpaired) electrons. The molecule has 0 saturated heterocycles. The fourth-order valence-corrected chi connectivity index (χ4v) is 3.27. The van der Waals surface area contributed by atoms with E-state index in [4.69, 9.17) is 10.2 Å². The number of hydrogen-bond donors (Lipinski definition) is 2. The molecule has 3 N–H and O–H groups in total. The average molecular weight is 376 g/mol. The number of imidazole rings is 1. The van der Waals surface area contributed by atoms with Gasteiger partial charge in [0.2, 0.25) is 5.95 Å². The maximum atomic E-state index is 6.19. The summed E-state index contributed by atoms with van der Waals surface area (Å²) in [5.41, 5.74) is 8.84. The van der Waals surface area contributed by atoms with Gasteiger partial charge in [0, 0.05) is 13.1 Å². The lowest BCUT2D eigenvalue weighted by molar-refractivity contribution is 0.568. The number of aromatic nitrogens is 4. The number of anilines is 2. The summed E-state index contributed by atoms with van der Waals surface area (Å²) in [6.45, 7) is 3.66. The zero-order valence-electron chi connectivity index (χ0n) is 15.9. The van der Waals surface area contributed by atoms with Crippen molar-refractivity contribution in [3.63, 3.8) is 0 Å². The van der Waals surface area contributed by atoms with Gasteiger partial charge in [-0.25, -0.2) is 4.98 Å². The molecule has 7 nitrogen and oxygen atoms in total. The van der Waals surface area contributed by atoms with E-state index in [-0.39, 0.29) is 0 Å². The van der Waals surface area contributed by atoms with Crippen LogP contribution in [-0.4, -0.2) is 26.1 Å². The maximum absolute atomic E-state index is 6.19. The Bertz CT molecular complexity index is 1040. The molecule has 0 aliphatic heterocycles. The van der Waals surface area contributed by atoms with Crippen LogP contribution in [0.15, 0.2) is 53.1 Å². The Balaban J connectivity index is 1.55. The Kier molecular flexibility index (Phi) is 5.23. The molecular weight excluding hydrogens is 352 g/mol. The number of furan rings is 1. The van der Waals surface area contributed by atoms with Crippen LogP contribution in [0.3, 0.4) is 0 Å². The van der Waals surface area contributed by atoms with Crippen molar-refractivity contribution in [2.75, 3.05) is 17.6 Å². The van der Waals surface area contributed by atoms with E-state index in [9.17, 15) is 0 Å². The van der Waals surface area contributed by atoms with Crippen LogP contribution in [0.5, 0.6) is 0 Å². The van der Waals surface area contributed by atoms with E-state index in [1.54, 1.807) is 6.26 Å². The standard InChI is InChI=1S/C21H24N6O/c1-2-13-27-19(16-11-7-14-28-16)24-17-18(22)25-21(26-20(17)27)23-12-6-10-15-8-4-3-5-9-15/h3-5,7-9,11,14H,2,6,10,12-13H2,1H3,(H3,22,23,25,26). The summed E-state index contributed by atoms with van der Waals surface area (Å²) in [4.78, 5) is 13.7. The van der Waals surface area contributed by atoms with E-state index < -0.39 is 0 Å². The average Bonchev–Trinajstić information content (AvgIpc) is 3.35. The van der Waals surface area contributed by atoms with Crippen molar-refractivity contribution in [1.29, 1.82) is 0 Å². The number of benzene rings is 1. The lowest BCUT2D eigenvalue weighted by Crippen LogP contribution is -2.09. The Labute approximate surface area is 163 Å². The van der Waals surface area contributed by atoms with E-state index in [0.29, 0.717) is 23.0 Å². The first-order valence-electron chi connectivity index (χ1n) is 9.61. The monoisotopic (exact) mass is 376 g/mol. The minimum absolute atomic E-state index is 0.373. The third-order valence-electron chi connectivity index (χ3n) is 4.58. The molecule has 0 fully saturated rings. The van der Waals surface area contributed by atoms with Gasteiger partial charge in [-0.3, -0.25) is 0 Å². The molecule has 0 aliphatic rings. The first kappa shape index (κ1) is 18.0. The van der Waals surface area contributed by atoms with Gasteiger partial charge in [-0.1, -0.05) is 37.3 Å². The smallest absolute Gasteiger partial charge is 0.226 e. The van der Waals surface area contributed by atoms with Crippen molar-refractivity contribution in [2.45, 2.75) is 32.7 Å².